The van der Waals surface area contributed by atoms with Gasteiger partial charge in [0.05, 0.1) is 0 Å². The van der Waals surface area contributed by atoms with Crippen molar-refractivity contribution in [2.75, 3.05) is 20.0 Å². The Balaban J connectivity index is 2.93. The molecule has 0 spiro atoms. The van der Waals surface area contributed by atoms with Crippen molar-refractivity contribution in [2.24, 2.45) is 11.8 Å². The predicted octanol–water partition coefficient (Wildman–Crippen LogP) is 3.85. The maximum Gasteiger partial charge on any atom is 0.146 e. The molecule has 0 fully saturated rings. The van der Waals surface area contributed by atoms with Crippen LogP contribution in [-0.2, 0) is 9.47 Å². The average molecular weight is 216 g/mol. The van der Waals surface area contributed by atoms with Gasteiger partial charge in [-0.2, -0.15) is 0 Å². The standard InChI is InChI=1S/C13H28O2/c1-12(2)7-5-9-14-11-15-10-6-8-13(3)4/h12-13H,5-11H2,1-4H3. The van der Waals surface area contributed by atoms with Gasteiger partial charge < -0.3 is 9.47 Å². The molecule has 2 nitrogen and oxygen atoms in total. The summed E-state index contributed by atoms with van der Waals surface area (Å²) in [5.74, 6) is 1.56. The topological polar surface area (TPSA) is 18.5 Å². The Bertz CT molecular complexity index is 108. The van der Waals surface area contributed by atoms with Gasteiger partial charge in [-0.25, -0.2) is 0 Å². The van der Waals surface area contributed by atoms with E-state index in [2.05, 4.69) is 27.7 Å². The summed E-state index contributed by atoms with van der Waals surface area (Å²) in [5, 5.41) is 0. The van der Waals surface area contributed by atoms with E-state index in [0.29, 0.717) is 6.79 Å². The van der Waals surface area contributed by atoms with E-state index in [4.69, 9.17) is 9.47 Å². The molecule has 0 aliphatic heterocycles. The normalized spacial score (nSPS) is 11.6. The monoisotopic (exact) mass is 216 g/mol. The number of hydrogen-bond donors (Lipinski definition) is 0. The largest absolute Gasteiger partial charge is 0.355 e. The third kappa shape index (κ3) is 13.9. The molecule has 2 heteroatoms. The molecule has 0 aliphatic carbocycles. The fourth-order valence-corrected chi connectivity index (χ4v) is 1.36. The van der Waals surface area contributed by atoms with Gasteiger partial charge in [-0.15, -0.1) is 0 Å². The second-order valence-electron chi connectivity index (χ2n) is 5.01. The van der Waals surface area contributed by atoms with Crippen LogP contribution in [0.25, 0.3) is 0 Å². The lowest BCUT2D eigenvalue weighted by atomic mass is 10.1. The SMILES string of the molecule is CC(C)CCCOCOCCCC(C)C. The van der Waals surface area contributed by atoms with Crippen LogP contribution in [-0.4, -0.2) is 20.0 Å². The summed E-state index contributed by atoms with van der Waals surface area (Å²) in [7, 11) is 0. The van der Waals surface area contributed by atoms with E-state index in [1.165, 1.54) is 12.8 Å². The van der Waals surface area contributed by atoms with Gasteiger partial charge in [0, 0.05) is 13.2 Å². The summed E-state index contributed by atoms with van der Waals surface area (Å²) < 4.78 is 10.7. The van der Waals surface area contributed by atoms with Crippen LogP contribution < -0.4 is 0 Å². The van der Waals surface area contributed by atoms with Crippen LogP contribution in [0.1, 0.15) is 53.4 Å². The van der Waals surface area contributed by atoms with Crippen molar-refractivity contribution in [1.29, 1.82) is 0 Å². The zero-order chi connectivity index (χ0) is 11.5. The van der Waals surface area contributed by atoms with E-state index in [9.17, 15) is 0 Å². The Morgan fingerprint density at radius 2 is 1.13 bits per heavy atom. The molecule has 0 aliphatic rings. The molecule has 15 heavy (non-hydrogen) atoms. The minimum Gasteiger partial charge on any atom is -0.355 e. The summed E-state index contributed by atoms with van der Waals surface area (Å²) in [6.45, 7) is 11.1. The first-order chi connectivity index (χ1) is 7.13. The van der Waals surface area contributed by atoms with Gasteiger partial charge in [-0.3, -0.25) is 0 Å². The molecule has 0 heterocycles. The Kier molecular flexibility index (Phi) is 10.4. The number of rotatable bonds is 10. The molecular weight excluding hydrogens is 188 g/mol. The Hall–Kier alpha value is -0.0800. The smallest absolute Gasteiger partial charge is 0.146 e. The third-order valence-electron chi connectivity index (χ3n) is 2.31. The minimum absolute atomic E-state index is 0.468. The molecule has 0 aromatic carbocycles. The number of ether oxygens (including phenoxy) is 2. The van der Waals surface area contributed by atoms with Crippen LogP contribution in [0.15, 0.2) is 0 Å². The molecule has 0 unspecified atom stereocenters. The predicted molar refractivity (Wildman–Crippen MR) is 64.9 cm³/mol. The summed E-state index contributed by atoms with van der Waals surface area (Å²) in [6.07, 6.45) is 4.78. The molecule has 92 valence electrons. The maximum absolute atomic E-state index is 5.37. The summed E-state index contributed by atoms with van der Waals surface area (Å²) in [4.78, 5) is 0. The average Bonchev–Trinajstić information content (AvgIpc) is 2.14. The third-order valence-corrected chi connectivity index (χ3v) is 2.31. The van der Waals surface area contributed by atoms with Crippen molar-refractivity contribution in [3.8, 4) is 0 Å². The highest BCUT2D eigenvalue weighted by molar-refractivity contribution is 4.45. The van der Waals surface area contributed by atoms with Gasteiger partial charge in [-0.05, 0) is 37.5 Å². The summed E-state index contributed by atoms with van der Waals surface area (Å²) >= 11 is 0. The van der Waals surface area contributed by atoms with E-state index >= 15 is 0 Å². The highest BCUT2D eigenvalue weighted by atomic mass is 16.7. The van der Waals surface area contributed by atoms with Gasteiger partial charge in [0.1, 0.15) is 6.79 Å². The van der Waals surface area contributed by atoms with Crippen molar-refractivity contribution < 1.29 is 9.47 Å². The van der Waals surface area contributed by atoms with E-state index in [0.717, 1.165) is 37.9 Å². The van der Waals surface area contributed by atoms with E-state index < -0.39 is 0 Å². The van der Waals surface area contributed by atoms with Crippen LogP contribution in [0.5, 0.6) is 0 Å². The van der Waals surface area contributed by atoms with Crippen LogP contribution in [0.3, 0.4) is 0 Å². The number of hydrogen-bond acceptors (Lipinski definition) is 2. The second-order valence-corrected chi connectivity index (χ2v) is 5.01. The molecule has 0 bridgehead atoms. The Morgan fingerprint density at radius 1 is 0.733 bits per heavy atom. The molecule has 0 saturated heterocycles. The first-order valence-corrected chi connectivity index (χ1v) is 6.28. The van der Waals surface area contributed by atoms with Crippen LogP contribution in [0.2, 0.25) is 0 Å². The quantitative estimate of drug-likeness (QED) is 0.408. The molecule has 0 N–H and O–H groups in total. The van der Waals surface area contributed by atoms with Crippen LogP contribution >= 0.6 is 0 Å². The van der Waals surface area contributed by atoms with E-state index in [1.807, 2.05) is 0 Å². The zero-order valence-electron chi connectivity index (χ0n) is 10.9. The fourth-order valence-electron chi connectivity index (χ4n) is 1.36. The second kappa shape index (κ2) is 10.4. The van der Waals surface area contributed by atoms with E-state index in [1.54, 1.807) is 0 Å². The van der Waals surface area contributed by atoms with Crippen molar-refractivity contribution >= 4 is 0 Å². The molecule has 0 aromatic rings. The van der Waals surface area contributed by atoms with Crippen molar-refractivity contribution in [3.63, 3.8) is 0 Å². The van der Waals surface area contributed by atoms with Crippen molar-refractivity contribution in [3.05, 3.63) is 0 Å². The molecule has 0 saturated carbocycles. The Labute approximate surface area is 95.3 Å². The lowest BCUT2D eigenvalue weighted by Crippen LogP contribution is -2.04. The van der Waals surface area contributed by atoms with Gasteiger partial charge in [-0.1, -0.05) is 27.7 Å². The Morgan fingerprint density at radius 3 is 1.47 bits per heavy atom. The van der Waals surface area contributed by atoms with Gasteiger partial charge in [0.25, 0.3) is 0 Å². The fraction of sp³-hybridized carbons (Fsp3) is 1.00. The van der Waals surface area contributed by atoms with Crippen molar-refractivity contribution in [2.45, 2.75) is 53.4 Å². The minimum atomic E-state index is 0.468. The molecular formula is C13H28O2. The van der Waals surface area contributed by atoms with Crippen LogP contribution in [0, 0.1) is 11.8 Å². The van der Waals surface area contributed by atoms with Crippen molar-refractivity contribution in [1.82, 2.24) is 0 Å². The van der Waals surface area contributed by atoms with Gasteiger partial charge in [0.15, 0.2) is 0 Å². The van der Waals surface area contributed by atoms with Gasteiger partial charge >= 0.3 is 0 Å². The summed E-state index contributed by atoms with van der Waals surface area (Å²) in [5.41, 5.74) is 0. The zero-order valence-corrected chi connectivity index (χ0v) is 10.9. The highest BCUT2D eigenvalue weighted by Gasteiger charge is 1.95. The first kappa shape index (κ1) is 14.9. The lowest BCUT2D eigenvalue weighted by Gasteiger charge is -2.07. The lowest BCUT2D eigenvalue weighted by molar-refractivity contribution is -0.0563. The summed E-state index contributed by atoms with van der Waals surface area (Å²) in [6, 6.07) is 0. The highest BCUT2D eigenvalue weighted by Crippen LogP contribution is 2.04. The molecule has 0 atom stereocenters. The maximum atomic E-state index is 5.37. The molecule has 0 rings (SSSR count). The molecule has 0 aromatic heterocycles. The van der Waals surface area contributed by atoms with Gasteiger partial charge in [0.2, 0.25) is 0 Å². The van der Waals surface area contributed by atoms with E-state index in [-0.39, 0.29) is 0 Å². The molecule has 0 amide bonds. The first-order valence-electron chi connectivity index (χ1n) is 6.28. The van der Waals surface area contributed by atoms with Crippen LogP contribution in [0.4, 0.5) is 0 Å². The molecule has 0 radical (unpaired) electrons.